The molecule has 1 aliphatic carbocycles. The maximum atomic E-state index is 2.59. The van der Waals surface area contributed by atoms with Gasteiger partial charge in [0.05, 0.1) is 6.16 Å². The molecule has 0 spiro atoms. The lowest BCUT2D eigenvalue weighted by Crippen LogP contribution is -2.35. The molecule has 1 aliphatic rings. The molecule has 178 valence electrons. The fraction of sp³-hybridized carbons (Fsp3) is 0.294. The zero-order valence-corrected chi connectivity index (χ0v) is 22.8. The van der Waals surface area contributed by atoms with E-state index in [4.69, 9.17) is 0 Å². The summed E-state index contributed by atoms with van der Waals surface area (Å²) < 4.78 is 0. The summed E-state index contributed by atoms with van der Waals surface area (Å²) in [6, 6.07) is 38.9. The second-order valence-electron chi connectivity index (χ2n) is 11.6. The molecule has 0 bridgehead atoms. The summed E-state index contributed by atoms with van der Waals surface area (Å²) >= 11 is 0. The van der Waals surface area contributed by atoms with Crippen molar-refractivity contribution in [2.45, 2.75) is 64.5 Å². The SMILES string of the molecule is Cc1cc2c(cc1C[P+](c1ccccc1)(c1ccccc1)c1ccccc1)C(C)(C)CCC2(C)C. The van der Waals surface area contributed by atoms with Gasteiger partial charge in [-0.1, -0.05) is 94.4 Å². The van der Waals surface area contributed by atoms with E-state index in [0.29, 0.717) is 0 Å². The smallest absolute Gasteiger partial charge is 0.0620 e. The largest absolute Gasteiger partial charge is 0.116 e. The molecule has 0 fully saturated rings. The maximum Gasteiger partial charge on any atom is 0.116 e. The Morgan fingerprint density at radius 2 is 0.943 bits per heavy atom. The molecule has 0 radical (unpaired) electrons. The molecule has 0 saturated heterocycles. The lowest BCUT2D eigenvalue weighted by Gasteiger charge is -2.42. The molecule has 1 heteroatoms. The van der Waals surface area contributed by atoms with Gasteiger partial charge >= 0.3 is 0 Å². The Kier molecular flexibility index (Phi) is 6.23. The van der Waals surface area contributed by atoms with E-state index in [1.807, 2.05) is 0 Å². The minimum absolute atomic E-state index is 0.209. The first kappa shape index (κ1) is 24.0. The normalized spacial score (nSPS) is 16.5. The minimum Gasteiger partial charge on any atom is -0.0620 e. The molecule has 4 aromatic carbocycles. The van der Waals surface area contributed by atoms with Crippen LogP contribution in [0.2, 0.25) is 0 Å². The van der Waals surface area contributed by atoms with Crippen molar-refractivity contribution >= 4 is 23.2 Å². The Morgan fingerprint density at radius 3 is 1.34 bits per heavy atom. The Labute approximate surface area is 212 Å². The van der Waals surface area contributed by atoms with Gasteiger partial charge in [0.15, 0.2) is 0 Å². The van der Waals surface area contributed by atoms with Crippen molar-refractivity contribution in [2.24, 2.45) is 0 Å². The summed E-state index contributed by atoms with van der Waals surface area (Å²) in [6.07, 6.45) is 3.53. The molecular weight excluding hydrogens is 439 g/mol. The first-order chi connectivity index (χ1) is 16.7. The van der Waals surface area contributed by atoms with Crippen LogP contribution in [-0.4, -0.2) is 0 Å². The van der Waals surface area contributed by atoms with E-state index in [9.17, 15) is 0 Å². The molecule has 0 amide bonds. The highest BCUT2D eigenvalue weighted by Crippen LogP contribution is 2.59. The van der Waals surface area contributed by atoms with Crippen molar-refractivity contribution in [3.05, 3.63) is 125 Å². The quantitative estimate of drug-likeness (QED) is 0.257. The third-order valence-corrected chi connectivity index (χ3v) is 12.7. The monoisotopic (exact) mass is 477 g/mol. The van der Waals surface area contributed by atoms with Crippen molar-refractivity contribution in [2.75, 3.05) is 0 Å². The Morgan fingerprint density at radius 1 is 0.571 bits per heavy atom. The fourth-order valence-electron chi connectivity index (χ4n) is 5.96. The number of hydrogen-bond donors (Lipinski definition) is 0. The van der Waals surface area contributed by atoms with Crippen LogP contribution in [0.3, 0.4) is 0 Å². The first-order valence-corrected chi connectivity index (χ1v) is 14.9. The molecule has 0 nitrogen and oxygen atoms in total. The van der Waals surface area contributed by atoms with E-state index in [2.05, 4.69) is 138 Å². The van der Waals surface area contributed by atoms with Crippen molar-refractivity contribution in [1.82, 2.24) is 0 Å². The van der Waals surface area contributed by atoms with Crippen LogP contribution in [-0.2, 0) is 17.0 Å². The molecule has 0 aromatic heterocycles. The molecule has 0 saturated carbocycles. The van der Waals surface area contributed by atoms with Gasteiger partial charge in [0, 0.05) is 0 Å². The highest BCUT2D eigenvalue weighted by molar-refractivity contribution is 7.95. The summed E-state index contributed by atoms with van der Waals surface area (Å²) in [5.41, 5.74) is 6.49. The van der Waals surface area contributed by atoms with Crippen LogP contribution in [0, 0.1) is 6.92 Å². The third kappa shape index (κ3) is 4.28. The van der Waals surface area contributed by atoms with Crippen LogP contribution in [0.5, 0.6) is 0 Å². The molecule has 0 atom stereocenters. The third-order valence-electron chi connectivity index (χ3n) is 8.31. The van der Waals surface area contributed by atoms with Gasteiger partial charge < -0.3 is 0 Å². The number of aryl methyl sites for hydroxylation is 1. The standard InChI is InChI=1S/C34H38P/c1-26-23-31-32(34(4,5)22-21-33(31,2)3)24-27(26)25-35(28-15-9-6-10-16-28,29-17-11-7-12-18-29)30-19-13-8-14-20-30/h6-20,23-24H,21-22,25H2,1-5H3/q+1. The number of rotatable bonds is 5. The average molecular weight is 478 g/mol. The number of hydrogen-bond acceptors (Lipinski definition) is 0. The summed E-state index contributed by atoms with van der Waals surface area (Å²) in [5, 5.41) is 4.36. The predicted octanol–water partition coefficient (Wildman–Crippen LogP) is 7.84. The van der Waals surface area contributed by atoms with Gasteiger partial charge in [0.25, 0.3) is 0 Å². The molecule has 0 heterocycles. The van der Waals surface area contributed by atoms with E-state index in [0.717, 1.165) is 6.16 Å². The van der Waals surface area contributed by atoms with Crippen LogP contribution in [0.1, 0.15) is 62.8 Å². The Bertz CT molecular complexity index is 1200. The first-order valence-electron chi connectivity index (χ1n) is 12.9. The molecule has 0 N–H and O–H groups in total. The van der Waals surface area contributed by atoms with Crippen LogP contribution < -0.4 is 15.9 Å². The second-order valence-corrected chi connectivity index (χ2v) is 15.1. The van der Waals surface area contributed by atoms with Gasteiger partial charge in [-0.3, -0.25) is 0 Å². The van der Waals surface area contributed by atoms with Gasteiger partial charge in [0.1, 0.15) is 23.2 Å². The van der Waals surface area contributed by atoms with Gasteiger partial charge in [0.2, 0.25) is 0 Å². The van der Waals surface area contributed by atoms with Gasteiger partial charge in [-0.25, -0.2) is 0 Å². The summed E-state index contributed by atoms with van der Waals surface area (Å²) in [6.45, 7) is 12.1. The van der Waals surface area contributed by atoms with Crippen LogP contribution in [0.15, 0.2) is 103 Å². The zero-order valence-electron chi connectivity index (χ0n) is 21.9. The molecular formula is C34H38P+. The van der Waals surface area contributed by atoms with E-state index in [1.54, 1.807) is 11.1 Å². The Balaban J connectivity index is 1.78. The van der Waals surface area contributed by atoms with E-state index < -0.39 is 7.26 Å². The number of benzene rings is 4. The van der Waals surface area contributed by atoms with Gasteiger partial charge in [-0.05, 0) is 89.2 Å². The van der Waals surface area contributed by atoms with E-state index >= 15 is 0 Å². The fourth-order valence-corrected chi connectivity index (χ4v) is 10.3. The zero-order chi connectivity index (χ0) is 24.7. The second kappa shape index (κ2) is 9.07. The van der Waals surface area contributed by atoms with E-state index in [-0.39, 0.29) is 10.8 Å². The van der Waals surface area contributed by atoms with Crippen molar-refractivity contribution in [3.8, 4) is 0 Å². The van der Waals surface area contributed by atoms with Crippen LogP contribution in [0.25, 0.3) is 0 Å². The highest BCUT2D eigenvalue weighted by Gasteiger charge is 2.46. The lowest BCUT2D eigenvalue weighted by atomic mass is 9.62. The summed E-state index contributed by atoms with van der Waals surface area (Å²) in [4.78, 5) is 0. The molecule has 0 aliphatic heterocycles. The van der Waals surface area contributed by atoms with Crippen molar-refractivity contribution in [1.29, 1.82) is 0 Å². The van der Waals surface area contributed by atoms with Gasteiger partial charge in [-0.2, -0.15) is 0 Å². The maximum absolute atomic E-state index is 2.59. The molecule has 35 heavy (non-hydrogen) atoms. The lowest BCUT2D eigenvalue weighted by molar-refractivity contribution is 0.331. The van der Waals surface area contributed by atoms with Crippen LogP contribution in [0.4, 0.5) is 0 Å². The predicted molar refractivity (Wildman–Crippen MR) is 155 cm³/mol. The van der Waals surface area contributed by atoms with Crippen molar-refractivity contribution < 1.29 is 0 Å². The topological polar surface area (TPSA) is 0 Å². The number of fused-ring (bicyclic) bond motifs is 1. The summed E-state index contributed by atoms with van der Waals surface area (Å²) in [7, 11) is -1.91. The summed E-state index contributed by atoms with van der Waals surface area (Å²) in [5.74, 6) is 0. The van der Waals surface area contributed by atoms with Gasteiger partial charge in [-0.15, -0.1) is 0 Å². The molecule has 0 unspecified atom stereocenters. The van der Waals surface area contributed by atoms with Crippen molar-refractivity contribution in [3.63, 3.8) is 0 Å². The van der Waals surface area contributed by atoms with E-state index in [1.165, 1.54) is 39.9 Å². The molecule has 4 aromatic rings. The Hall–Kier alpha value is -2.69. The van der Waals surface area contributed by atoms with Crippen LogP contribution >= 0.6 is 7.26 Å². The molecule has 5 rings (SSSR count). The average Bonchev–Trinajstić information content (AvgIpc) is 2.87. The highest BCUT2D eigenvalue weighted by atomic mass is 31.2. The minimum atomic E-state index is -1.91.